The van der Waals surface area contributed by atoms with Crippen LogP contribution in [0.2, 0.25) is 0 Å². The predicted molar refractivity (Wildman–Crippen MR) is 77.6 cm³/mol. The Morgan fingerprint density at radius 3 is 2.86 bits per heavy atom. The van der Waals surface area contributed by atoms with E-state index in [1.165, 1.54) is 0 Å². The summed E-state index contributed by atoms with van der Waals surface area (Å²) in [5, 5.41) is 3.75. The van der Waals surface area contributed by atoms with Crippen LogP contribution in [-0.4, -0.2) is 30.5 Å². The Bertz CT molecular complexity index is 635. The maximum Gasteiger partial charge on any atom is 0.255 e. The fraction of sp³-hybridized carbons (Fsp3) is 0.308. The topological polar surface area (TPSA) is 91.4 Å². The average molecular weight is 290 g/mol. The Balaban J connectivity index is 1.88. The van der Waals surface area contributed by atoms with Gasteiger partial charge in [0.2, 0.25) is 0 Å². The number of hydrogen-bond acceptors (Lipinski definition) is 6. The second kappa shape index (κ2) is 6.20. The minimum Gasteiger partial charge on any atom is -0.383 e. The molecular formula is C13H18N6O2. The van der Waals surface area contributed by atoms with Crippen molar-refractivity contribution < 1.29 is 9.53 Å². The molecule has 0 unspecified atom stereocenters. The number of carbonyl (C=O) groups excluding carboxylic acids is 1. The summed E-state index contributed by atoms with van der Waals surface area (Å²) in [5.41, 5.74) is 12.6. The smallest absolute Gasteiger partial charge is 0.255 e. The molecule has 1 saturated heterocycles. The lowest BCUT2D eigenvalue weighted by Gasteiger charge is -2.10. The van der Waals surface area contributed by atoms with Crippen LogP contribution in [0.5, 0.6) is 0 Å². The first-order valence-corrected chi connectivity index (χ1v) is 6.68. The molecule has 2 aromatic rings. The maximum atomic E-state index is 12.4. The number of methoxy groups -OCH3 is 1. The molecule has 0 aliphatic carbocycles. The van der Waals surface area contributed by atoms with Gasteiger partial charge >= 0.3 is 0 Å². The molecule has 1 aromatic carbocycles. The van der Waals surface area contributed by atoms with Crippen LogP contribution in [0.3, 0.4) is 0 Å². The zero-order chi connectivity index (χ0) is 14.7. The molecule has 0 bridgehead atoms. The summed E-state index contributed by atoms with van der Waals surface area (Å²) in [6.07, 6.45) is 1.48. The van der Waals surface area contributed by atoms with E-state index in [-0.39, 0.29) is 12.2 Å². The molecule has 3 rings (SSSR count). The molecular weight excluding hydrogens is 272 g/mol. The first-order valence-electron chi connectivity index (χ1n) is 6.68. The van der Waals surface area contributed by atoms with E-state index < -0.39 is 0 Å². The van der Waals surface area contributed by atoms with Crippen molar-refractivity contribution in [3.63, 3.8) is 0 Å². The van der Waals surface area contributed by atoms with Gasteiger partial charge in [-0.15, -0.1) is 0 Å². The number of nitrogens with one attached hydrogen (secondary N) is 5. The molecule has 8 heteroatoms. The van der Waals surface area contributed by atoms with E-state index in [2.05, 4.69) is 27.2 Å². The van der Waals surface area contributed by atoms with Crippen LogP contribution in [-0.2, 0) is 11.3 Å². The van der Waals surface area contributed by atoms with E-state index >= 15 is 0 Å². The van der Waals surface area contributed by atoms with Crippen LogP contribution in [0, 0.1) is 0 Å². The molecule has 2 heterocycles. The van der Waals surface area contributed by atoms with Crippen LogP contribution < -0.4 is 27.2 Å². The zero-order valence-corrected chi connectivity index (χ0v) is 11.6. The molecule has 1 aromatic heterocycles. The molecule has 1 aliphatic heterocycles. The van der Waals surface area contributed by atoms with E-state index in [1.807, 2.05) is 35.0 Å². The largest absolute Gasteiger partial charge is 0.383 e. The monoisotopic (exact) mass is 290 g/mol. The van der Waals surface area contributed by atoms with E-state index in [1.54, 1.807) is 7.11 Å². The highest BCUT2D eigenvalue weighted by Crippen LogP contribution is 2.21. The lowest BCUT2D eigenvalue weighted by Crippen LogP contribution is -2.49. The number of carbonyl (C=O) groups is 1. The van der Waals surface area contributed by atoms with Crippen molar-refractivity contribution >= 4 is 16.8 Å². The number of benzene rings is 1. The van der Waals surface area contributed by atoms with Crippen LogP contribution in [0.1, 0.15) is 10.4 Å². The van der Waals surface area contributed by atoms with Crippen molar-refractivity contribution in [2.45, 2.75) is 12.8 Å². The normalized spacial score (nSPS) is 15.7. The van der Waals surface area contributed by atoms with Crippen LogP contribution in [0.25, 0.3) is 10.9 Å². The Labute approximate surface area is 121 Å². The van der Waals surface area contributed by atoms with Crippen molar-refractivity contribution in [3.05, 3.63) is 36.0 Å². The second-order valence-electron chi connectivity index (χ2n) is 4.69. The van der Waals surface area contributed by atoms with Gasteiger partial charge in [-0.1, -0.05) is 18.2 Å². The van der Waals surface area contributed by atoms with Crippen molar-refractivity contribution in [2.75, 3.05) is 13.7 Å². The summed E-state index contributed by atoms with van der Waals surface area (Å²) >= 11 is 0. The first kappa shape index (κ1) is 14.0. The molecule has 0 saturated carbocycles. The number of aromatic nitrogens is 1. The second-order valence-corrected chi connectivity index (χ2v) is 4.69. The summed E-state index contributed by atoms with van der Waals surface area (Å²) in [6, 6.07) is 7.83. The van der Waals surface area contributed by atoms with Crippen molar-refractivity contribution in [3.8, 4) is 0 Å². The summed E-state index contributed by atoms with van der Waals surface area (Å²) < 4.78 is 7.14. The Hall–Kier alpha value is -1.97. The highest BCUT2D eigenvalue weighted by Gasteiger charge is 2.19. The molecule has 0 atom stereocenters. The maximum absolute atomic E-state index is 12.4. The minimum absolute atomic E-state index is 0.155. The SMILES string of the molecule is COCCn1cc(C(=O)NC2NNNN2)c2ccccc21. The average Bonchev–Trinajstić information content (AvgIpc) is 3.12. The fourth-order valence-corrected chi connectivity index (χ4v) is 2.34. The van der Waals surface area contributed by atoms with Crippen molar-refractivity contribution in [2.24, 2.45) is 0 Å². The number of nitrogens with zero attached hydrogens (tertiary/aromatic N) is 1. The van der Waals surface area contributed by atoms with Gasteiger partial charge < -0.3 is 14.6 Å². The molecule has 21 heavy (non-hydrogen) atoms. The molecule has 0 radical (unpaired) electrons. The zero-order valence-electron chi connectivity index (χ0n) is 11.6. The molecule has 5 N–H and O–H groups in total. The van der Waals surface area contributed by atoms with Crippen molar-refractivity contribution in [1.29, 1.82) is 0 Å². The van der Waals surface area contributed by atoms with E-state index in [9.17, 15) is 4.79 Å². The highest BCUT2D eigenvalue weighted by molar-refractivity contribution is 6.07. The van der Waals surface area contributed by atoms with Crippen molar-refractivity contribution in [1.82, 2.24) is 31.8 Å². The van der Waals surface area contributed by atoms with Gasteiger partial charge in [0.15, 0.2) is 6.29 Å². The Morgan fingerprint density at radius 2 is 2.10 bits per heavy atom. The molecule has 8 nitrogen and oxygen atoms in total. The van der Waals surface area contributed by atoms with Crippen LogP contribution >= 0.6 is 0 Å². The fourth-order valence-electron chi connectivity index (χ4n) is 2.34. The summed E-state index contributed by atoms with van der Waals surface area (Å²) in [4.78, 5) is 12.4. The summed E-state index contributed by atoms with van der Waals surface area (Å²) in [6.45, 7) is 1.30. The number of ether oxygens (including phenoxy) is 1. The number of fused-ring (bicyclic) bond motifs is 1. The van der Waals surface area contributed by atoms with Gasteiger partial charge in [0.25, 0.3) is 5.91 Å². The third kappa shape index (κ3) is 2.89. The first-order chi connectivity index (χ1) is 10.3. The van der Waals surface area contributed by atoms with Gasteiger partial charge in [-0.2, -0.15) is 11.1 Å². The van der Waals surface area contributed by atoms with Crippen LogP contribution in [0.4, 0.5) is 0 Å². The Kier molecular flexibility index (Phi) is 4.13. The highest BCUT2D eigenvalue weighted by atomic mass is 16.5. The minimum atomic E-state index is -0.376. The quantitative estimate of drug-likeness (QED) is 0.506. The third-order valence-corrected chi connectivity index (χ3v) is 3.34. The van der Waals surface area contributed by atoms with Gasteiger partial charge in [0.1, 0.15) is 0 Å². The predicted octanol–water partition coefficient (Wildman–Crippen LogP) is -0.582. The van der Waals surface area contributed by atoms with Gasteiger partial charge in [-0.3, -0.25) is 4.79 Å². The molecule has 1 fully saturated rings. The van der Waals surface area contributed by atoms with Gasteiger partial charge in [0, 0.05) is 30.8 Å². The molecule has 112 valence electrons. The van der Waals surface area contributed by atoms with E-state index in [4.69, 9.17) is 4.74 Å². The lowest BCUT2D eigenvalue weighted by molar-refractivity contribution is 0.0928. The van der Waals surface area contributed by atoms with Gasteiger partial charge in [-0.25, -0.2) is 10.9 Å². The Morgan fingerprint density at radius 1 is 1.33 bits per heavy atom. The van der Waals surface area contributed by atoms with Crippen LogP contribution in [0.15, 0.2) is 30.5 Å². The molecule has 0 spiro atoms. The number of para-hydroxylation sites is 1. The third-order valence-electron chi connectivity index (χ3n) is 3.34. The van der Waals surface area contributed by atoms with E-state index in [0.29, 0.717) is 18.7 Å². The standard InChI is InChI=1S/C13H18N6O2/c1-21-7-6-19-8-10(9-4-2-3-5-11(9)19)12(20)14-13-15-17-18-16-13/h2-5,8,13,15-18H,6-7H2,1H3,(H,14,20). The summed E-state index contributed by atoms with van der Waals surface area (Å²) in [5.74, 6) is -0.155. The number of hydrogen-bond donors (Lipinski definition) is 5. The van der Waals surface area contributed by atoms with Gasteiger partial charge in [-0.05, 0) is 6.07 Å². The molecule has 1 aliphatic rings. The molecule has 1 amide bonds. The van der Waals surface area contributed by atoms with E-state index in [0.717, 1.165) is 10.9 Å². The lowest BCUT2D eigenvalue weighted by atomic mass is 10.1. The summed E-state index contributed by atoms with van der Waals surface area (Å²) in [7, 11) is 1.66. The van der Waals surface area contributed by atoms with Gasteiger partial charge in [0.05, 0.1) is 12.2 Å². The number of amides is 1. The number of rotatable bonds is 5. The number of hydrazine groups is 3.